The summed E-state index contributed by atoms with van der Waals surface area (Å²) < 4.78 is 84.1. The van der Waals surface area contributed by atoms with Crippen molar-refractivity contribution in [1.82, 2.24) is 4.90 Å². The maximum atomic E-state index is 13.6. The molecule has 2 aromatic rings. The second-order valence-electron chi connectivity index (χ2n) is 6.82. The molecule has 12 heteroatoms. The van der Waals surface area contributed by atoms with Crippen LogP contribution in [-0.4, -0.2) is 43.1 Å². The van der Waals surface area contributed by atoms with E-state index in [9.17, 15) is 35.9 Å². The molecule has 0 aromatic heterocycles. The fourth-order valence-electron chi connectivity index (χ4n) is 3.03. The average molecular weight is 461 g/mol. The molecule has 0 unspecified atom stereocenters. The second-order valence-corrected chi connectivity index (χ2v) is 6.82. The van der Waals surface area contributed by atoms with Crippen molar-refractivity contribution in [2.75, 3.05) is 36.9 Å². The van der Waals surface area contributed by atoms with Gasteiger partial charge < -0.3 is 20.3 Å². The van der Waals surface area contributed by atoms with E-state index in [1.807, 2.05) is 5.32 Å². The molecule has 3 rings (SSSR count). The van der Waals surface area contributed by atoms with Gasteiger partial charge in [0, 0.05) is 24.3 Å². The summed E-state index contributed by atoms with van der Waals surface area (Å²) in [5.74, 6) is -0.612. The normalized spacial score (nSPS) is 14.8. The zero-order valence-corrected chi connectivity index (χ0v) is 16.3. The van der Waals surface area contributed by atoms with Crippen LogP contribution in [0.3, 0.4) is 0 Å². The summed E-state index contributed by atoms with van der Waals surface area (Å²) in [5.41, 5.74) is -3.43. The predicted molar refractivity (Wildman–Crippen MR) is 102 cm³/mol. The van der Waals surface area contributed by atoms with Crippen molar-refractivity contribution in [3.05, 3.63) is 59.2 Å². The van der Waals surface area contributed by atoms with Crippen molar-refractivity contribution >= 4 is 23.3 Å². The molecule has 1 heterocycles. The lowest BCUT2D eigenvalue weighted by Crippen LogP contribution is -2.40. The van der Waals surface area contributed by atoms with Crippen LogP contribution in [0, 0.1) is 0 Å². The van der Waals surface area contributed by atoms with Crippen molar-refractivity contribution in [1.29, 1.82) is 0 Å². The van der Waals surface area contributed by atoms with E-state index in [2.05, 4.69) is 5.32 Å². The van der Waals surface area contributed by atoms with Crippen molar-refractivity contribution in [2.24, 2.45) is 0 Å². The number of carbonyl (C=O) groups excluding carboxylic acids is 2. The lowest BCUT2D eigenvalue weighted by Gasteiger charge is -2.27. The van der Waals surface area contributed by atoms with Gasteiger partial charge in [0.2, 0.25) is 0 Å². The van der Waals surface area contributed by atoms with Gasteiger partial charge in [-0.05, 0) is 36.4 Å². The van der Waals surface area contributed by atoms with Gasteiger partial charge in [-0.25, -0.2) is 4.79 Å². The highest BCUT2D eigenvalue weighted by molar-refractivity contribution is 6.01. The Kier molecular flexibility index (Phi) is 6.63. The van der Waals surface area contributed by atoms with Gasteiger partial charge in [-0.2, -0.15) is 26.3 Å². The Morgan fingerprint density at radius 3 is 2.19 bits per heavy atom. The number of halogens is 6. The highest BCUT2D eigenvalue weighted by atomic mass is 19.4. The molecule has 2 aromatic carbocycles. The van der Waals surface area contributed by atoms with Crippen molar-refractivity contribution < 1.29 is 40.7 Å². The molecular formula is C20H17F6N3O3. The van der Waals surface area contributed by atoms with Gasteiger partial charge in [-0.15, -0.1) is 0 Å². The van der Waals surface area contributed by atoms with Crippen molar-refractivity contribution in [3.63, 3.8) is 0 Å². The van der Waals surface area contributed by atoms with Crippen LogP contribution in [0.1, 0.15) is 21.5 Å². The smallest absolute Gasteiger partial charge is 0.378 e. The van der Waals surface area contributed by atoms with Crippen LogP contribution in [0.15, 0.2) is 42.5 Å². The van der Waals surface area contributed by atoms with Crippen LogP contribution in [0.4, 0.5) is 42.5 Å². The molecule has 0 aliphatic carbocycles. The Balaban J connectivity index is 1.80. The monoisotopic (exact) mass is 461 g/mol. The Labute approximate surface area is 178 Å². The second kappa shape index (κ2) is 9.07. The summed E-state index contributed by atoms with van der Waals surface area (Å²) >= 11 is 0. The molecule has 1 fully saturated rings. The number of nitrogens with one attached hydrogen (secondary N) is 2. The van der Waals surface area contributed by atoms with Gasteiger partial charge in [-0.3, -0.25) is 4.79 Å². The van der Waals surface area contributed by atoms with E-state index < -0.39 is 41.1 Å². The number of nitrogens with zero attached hydrogens (tertiary/aromatic N) is 1. The molecule has 0 radical (unpaired) electrons. The number of benzene rings is 2. The van der Waals surface area contributed by atoms with E-state index in [0.29, 0.717) is 12.1 Å². The van der Waals surface area contributed by atoms with Crippen molar-refractivity contribution in [3.8, 4) is 0 Å². The van der Waals surface area contributed by atoms with Crippen LogP contribution in [0.5, 0.6) is 0 Å². The molecule has 0 bridgehead atoms. The standard InChI is InChI=1S/C20H17F6N3O3/c21-19(22,23)13-2-1-3-14(11-13)27-18(31)28-16-5-4-12(10-15(16)20(24,25)26)17(30)29-6-8-32-9-7-29/h1-5,10-11H,6-9H2,(H2,27,28,31). The molecule has 3 amide bonds. The number of alkyl halides is 6. The maximum absolute atomic E-state index is 13.6. The summed E-state index contributed by atoms with van der Waals surface area (Å²) in [6.07, 6.45) is -9.55. The minimum absolute atomic E-state index is 0.219. The average Bonchev–Trinajstić information content (AvgIpc) is 2.73. The van der Waals surface area contributed by atoms with Gasteiger partial charge in [0.25, 0.3) is 5.91 Å². The summed E-state index contributed by atoms with van der Waals surface area (Å²) in [5, 5.41) is 4.04. The number of amides is 3. The third-order valence-corrected chi connectivity index (χ3v) is 4.57. The first-order valence-corrected chi connectivity index (χ1v) is 9.28. The summed E-state index contributed by atoms with van der Waals surface area (Å²) in [4.78, 5) is 26.0. The molecule has 0 atom stereocenters. The van der Waals surface area contributed by atoms with Gasteiger partial charge >= 0.3 is 18.4 Å². The molecule has 1 aliphatic rings. The number of rotatable bonds is 3. The summed E-state index contributed by atoms with van der Waals surface area (Å²) in [6.45, 7) is 1.01. The maximum Gasteiger partial charge on any atom is 0.418 e. The molecule has 1 saturated heterocycles. The quantitative estimate of drug-likeness (QED) is 0.643. The zero-order chi connectivity index (χ0) is 23.5. The SMILES string of the molecule is O=C(Nc1cccc(C(F)(F)F)c1)Nc1ccc(C(=O)N2CCOCC2)cc1C(F)(F)F. The number of morpholine rings is 1. The number of hydrogen-bond acceptors (Lipinski definition) is 3. The molecule has 2 N–H and O–H groups in total. The van der Waals surface area contributed by atoms with Gasteiger partial charge in [-0.1, -0.05) is 6.07 Å². The summed E-state index contributed by atoms with van der Waals surface area (Å²) in [7, 11) is 0. The molecule has 1 aliphatic heterocycles. The topological polar surface area (TPSA) is 70.7 Å². The largest absolute Gasteiger partial charge is 0.418 e. The third-order valence-electron chi connectivity index (χ3n) is 4.57. The van der Waals surface area contributed by atoms with E-state index in [4.69, 9.17) is 4.74 Å². The first-order chi connectivity index (χ1) is 14.9. The number of anilines is 2. The number of ether oxygens (including phenoxy) is 1. The first-order valence-electron chi connectivity index (χ1n) is 9.28. The first kappa shape index (κ1) is 23.4. The van der Waals surface area contributed by atoms with Crippen LogP contribution < -0.4 is 10.6 Å². The molecular weight excluding hydrogens is 444 g/mol. The number of carbonyl (C=O) groups is 2. The lowest BCUT2D eigenvalue weighted by atomic mass is 10.1. The zero-order valence-electron chi connectivity index (χ0n) is 16.3. The minimum atomic E-state index is -4.90. The van der Waals surface area contributed by atoms with Crippen LogP contribution in [0.25, 0.3) is 0 Å². The molecule has 0 spiro atoms. The minimum Gasteiger partial charge on any atom is -0.378 e. The van der Waals surface area contributed by atoms with E-state index >= 15 is 0 Å². The summed E-state index contributed by atoms with van der Waals surface area (Å²) in [6, 6.07) is 5.13. The fourth-order valence-corrected chi connectivity index (χ4v) is 3.03. The Bertz CT molecular complexity index is 1000. The van der Waals surface area contributed by atoms with E-state index in [1.54, 1.807) is 0 Å². The highest BCUT2D eigenvalue weighted by Gasteiger charge is 2.35. The molecule has 6 nitrogen and oxygen atoms in total. The lowest BCUT2D eigenvalue weighted by molar-refractivity contribution is -0.138. The fraction of sp³-hybridized carbons (Fsp3) is 0.300. The van der Waals surface area contributed by atoms with Gasteiger partial charge in [0.05, 0.1) is 30.0 Å². The van der Waals surface area contributed by atoms with Crippen LogP contribution >= 0.6 is 0 Å². The molecule has 32 heavy (non-hydrogen) atoms. The number of hydrogen-bond donors (Lipinski definition) is 2. The van der Waals surface area contributed by atoms with Crippen molar-refractivity contribution in [2.45, 2.75) is 12.4 Å². The van der Waals surface area contributed by atoms with Gasteiger partial charge in [0.15, 0.2) is 0 Å². The van der Waals surface area contributed by atoms with Gasteiger partial charge in [0.1, 0.15) is 0 Å². The Hall–Kier alpha value is -3.28. The predicted octanol–water partition coefficient (Wildman–Crippen LogP) is 4.84. The number of urea groups is 1. The van der Waals surface area contributed by atoms with E-state index in [1.165, 1.54) is 4.90 Å². The molecule has 172 valence electrons. The Morgan fingerprint density at radius 2 is 1.56 bits per heavy atom. The van der Waals surface area contributed by atoms with Crippen LogP contribution in [-0.2, 0) is 17.1 Å². The highest BCUT2D eigenvalue weighted by Crippen LogP contribution is 2.36. The Morgan fingerprint density at radius 1 is 0.875 bits per heavy atom. The third kappa shape index (κ3) is 5.69. The van der Waals surface area contributed by atoms with Crippen LogP contribution in [0.2, 0.25) is 0 Å². The molecule has 0 saturated carbocycles. The van der Waals surface area contributed by atoms with E-state index in [-0.39, 0.29) is 37.6 Å². The van der Waals surface area contributed by atoms with E-state index in [0.717, 1.165) is 30.3 Å².